The van der Waals surface area contributed by atoms with Crippen molar-refractivity contribution in [1.29, 1.82) is 0 Å². The summed E-state index contributed by atoms with van der Waals surface area (Å²) in [7, 11) is 1.60. The minimum atomic E-state index is 0.111. The minimum absolute atomic E-state index is 0.111. The van der Waals surface area contributed by atoms with Gasteiger partial charge in [0.25, 0.3) is 0 Å². The summed E-state index contributed by atoms with van der Waals surface area (Å²) in [6.07, 6.45) is 3.79. The number of aromatic nitrogens is 1. The van der Waals surface area contributed by atoms with Gasteiger partial charge < -0.3 is 4.74 Å². The molecular formula is C12H11NO2S. The Morgan fingerprint density at radius 2 is 2.19 bits per heavy atom. The highest BCUT2D eigenvalue weighted by Crippen LogP contribution is 2.22. The Kier molecular flexibility index (Phi) is 3.31. The van der Waals surface area contributed by atoms with Crippen LogP contribution >= 0.6 is 11.3 Å². The van der Waals surface area contributed by atoms with Crippen molar-refractivity contribution in [2.45, 2.75) is 6.42 Å². The van der Waals surface area contributed by atoms with Crippen LogP contribution in [0.2, 0.25) is 0 Å². The van der Waals surface area contributed by atoms with Crippen LogP contribution in [0.4, 0.5) is 0 Å². The number of hydrogen-bond donors (Lipinski definition) is 0. The highest BCUT2D eigenvalue weighted by atomic mass is 32.1. The van der Waals surface area contributed by atoms with E-state index in [-0.39, 0.29) is 5.78 Å². The summed E-state index contributed by atoms with van der Waals surface area (Å²) in [6.45, 7) is 0. The molecule has 3 nitrogen and oxygen atoms in total. The van der Waals surface area contributed by atoms with Crippen molar-refractivity contribution in [3.05, 3.63) is 46.4 Å². The molecule has 82 valence electrons. The smallest absolute Gasteiger partial charge is 0.177 e. The molecule has 2 aromatic heterocycles. The molecular weight excluding hydrogens is 222 g/mol. The molecule has 0 spiro atoms. The number of nitrogens with zero attached hydrogens (tertiary/aromatic N) is 1. The quantitative estimate of drug-likeness (QED) is 0.762. The molecule has 0 fully saturated rings. The highest BCUT2D eigenvalue weighted by molar-refractivity contribution is 7.12. The number of ketones is 1. The van der Waals surface area contributed by atoms with Gasteiger partial charge in [0.1, 0.15) is 5.75 Å². The molecule has 0 atom stereocenters. The molecule has 0 radical (unpaired) electrons. The number of methoxy groups -OCH3 is 1. The van der Waals surface area contributed by atoms with E-state index in [1.165, 1.54) is 11.3 Å². The molecule has 0 bridgehead atoms. The van der Waals surface area contributed by atoms with E-state index in [0.29, 0.717) is 6.42 Å². The SMILES string of the molecule is COc1csc(C(=O)Cc2ccncc2)c1. The average molecular weight is 233 g/mol. The van der Waals surface area contributed by atoms with Crippen LogP contribution in [0.3, 0.4) is 0 Å². The normalized spacial score (nSPS) is 10.1. The zero-order valence-corrected chi connectivity index (χ0v) is 9.66. The van der Waals surface area contributed by atoms with Crippen molar-refractivity contribution in [2.24, 2.45) is 0 Å². The lowest BCUT2D eigenvalue weighted by Crippen LogP contribution is -2.00. The standard InChI is InChI=1S/C12H11NO2S/c1-15-10-7-12(16-8-10)11(14)6-9-2-4-13-5-3-9/h2-5,7-8H,6H2,1H3. The third-order valence-corrected chi connectivity index (χ3v) is 3.15. The molecule has 2 rings (SSSR count). The molecule has 0 saturated carbocycles. The number of rotatable bonds is 4. The van der Waals surface area contributed by atoms with Gasteiger partial charge in [-0.05, 0) is 17.7 Å². The fourth-order valence-corrected chi connectivity index (χ4v) is 2.14. The van der Waals surface area contributed by atoms with Crippen molar-refractivity contribution in [1.82, 2.24) is 4.98 Å². The van der Waals surface area contributed by atoms with E-state index in [0.717, 1.165) is 16.2 Å². The number of carbonyl (C=O) groups excluding carboxylic acids is 1. The van der Waals surface area contributed by atoms with Crippen molar-refractivity contribution in [2.75, 3.05) is 7.11 Å². The third kappa shape index (κ3) is 2.46. The molecule has 0 aliphatic rings. The average Bonchev–Trinajstić information content (AvgIpc) is 2.79. The molecule has 0 aromatic carbocycles. The van der Waals surface area contributed by atoms with Crippen molar-refractivity contribution in [3.8, 4) is 5.75 Å². The van der Waals surface area contributed by atoms with Crippen molar-refractivity contribution < 1.29 is 9.53 Å². The first-order chi connectivity index (χ1) is 7.79. The Hall–Kier alpha value is -1.68. The van der Waals surface area contributed by atoms with E-state index in [1.807, 2.05) is 17.5 Å². The van der Waals surface area contributed by atoms with Crippen LogP contribution < -0.4 is 4.74 Å². The van der Waals surface area contributed by atoms with Gasteiger partial charge >= 0.3 is 0 Å². The third-order valence-electron chi connectivity index (χ3n) is 2.20. The van der Waals surface area contributed by atoms with Gasteiger partial charge in [0, 0.05) is 30.3 Å². The van der Waals surface area contributed by atoms with Gasteiger partial charge in [-0.15, -0.1) is 11.3 Å². The summed E-state index contributed by atoms with van der Waals surface area (Å²) in [4.78, 5) is 16.5. The van der Waals surface area contributed by atoms with Crippen LogP contribution in [-0.4, -0.2) is 17.9 Å². The predicted octanol–water partition coefficient (Wildman–Crippen LogP) is 2.58. The highest BCUT2D eigenvalue weighted by Gasteiger charge is 2.10. The largest absolute Gasteiger partial charge is 0.496 e. The maximum absolute atomic E-state index is 11.9. The fraction of sp³-hybridized carbons (Fsp3) is 0.167. The first-order valence-electron chi connectivity index (χ1n) is 4.84. The van der Waals surface area contributed by atoms with Crippen LogP contribution in [0.15, 0.2) is 36.0 Å². The number of ether oxygens (including phenoxy) is 1. The van der Waals surface area contributed by atoms with Crippen LogP contribution in [-0.2, 0) is 6.42 Å². The Bertz CT molecular complexity index is 479. The lowest BCUT2D eigenvalue weighted by molar-refractivity contribution is 0.0996. The zero-order chi connectivity index (χ0) is 11.4. The van der Waals surface area contributed by atoms with Gasteiger partial charge in [0.05, 0.1) is 12.0 Å². The van der Waals surface area contributed by atoms with Gasteiger partial charge in [-0.3, -0.25) is 9.78 Å². The Labute approximate surface area is 97.7 Å². The molecule has 0 unspecified atom stereocenters. The van der Waals surface area contributed by atoms with Crippen LogP contribution in [0, 0.1) is 0 Å². The summed E-state index contributed by atoms with van der Waals surface area (Å²) >= 11 is 1.41. The van der Waals surface area contributed by atoms with Crippen molar-refractivity contribution >= 4 is 17.1 Å². The van der Waals surface area contributed by atoms with E-state index in [4.69, 9.17) is 4.74 Å². The summed E-state index contributed by atoms with van der Waals surface area (Å²) in [5, 5.41) is 1.83. The van der Waals surface area contributed by atoms with Gasteiger partial charge in [0.2, 0.25) is 0 Å². The molecule has 0 amide bonds. The summed E-state index contributed by atoms with van der Waals surface area (Å²) in [5.41, 5.74) is 0.979. The van der Waals surface area contributed by atoms with E-state index in [1.54, 1.807) is 25.6 Å². The Balaban J connectivity index is 2.09. The summed E-state index contributed by atoms with van der Waals surface area (Å²) < 4.78 is 5.04. The van der Waals surface area contributed by atoms with Gasteiger partial charge in [-0.2, -0.15) is 0 Å². The van der Waals surface area contributed by atoms with Crippen molar-refractivity contribution in [3.63, 3.8) is 0 Å². The van der Waals surface area contributed by atoms with E-state index in [2.05, 4.69) is 4.98 Å². The van der Waals surface area contributed by atoms with Gasteiger partial charge in [0.15, 0.2) is 5.78 Å². The topological polar surface area (TPSA) is 39.2 Å². The second-order valence-corrected chi connectivity index (χ2v) is 4.22. The summed E-state index contributed by atoms with van der Waals surface area (Å²) in [5.74, 6) is 0.850. The maximum atomic E-state index is 11.9. The molecule has 4 heteroatoms. The molecule has 0 N–H and O–H groups in total. The predicted molar refractivity (Wildman–Crippen MR) is 63.1 cm³/mol. The first-order valence-corrected chi connectivity index (χ1v) is 5.72. The van der Waals surface area contributed by atoms with Gasteiger partial charge in [-0.25, -0.2) is 0 Å². The summed E-state index contributed by atoms with van der Waals surface area (Å²) in [6, 6.07) is 5.47. The Morgan fingerprint density at radius 1 is 1.44 bits per heavy atom. The number of carbonyl (C=O) groups is 1. The molecule has 16 heavy (non-hydrogen) atoms. The lowest BCUT2D eigenvalue weighted by Gasteiger charge is -1.97. The van der Waals surface area contributed by atoms with E-state index >= 15 is 0 Å². The number of Topliss-reactive ketones (excluding diaryl/α,β-unsaturated/α-hetero) is 1. The van der Waals surface area contributed by atoms with E-state index in [9.17, 15) is 4.79 Å². The first kappa shape index (κ1) is 10.8. The molecule has 2 aromatic rings. The molecule has 0 aliphatic heterocycles. The molecule has 0 aliphatic carbocycles. The minimum Gasteiger partial charge on any atom is -0.496 e. The maximum Gasteiger partial charge on any atom is 0.177 e. The monoisotopic (exact) mass is 233 g/mol. The van der Waals surface area contributed by atoms with Gasteiger partial charge in [-0.1, -0.05) is 0 Å². The van der Waals surface area contributed by atoms with E-state index < -0.39 is 0 Å². The number of pyridine rings is 1. The molecule has 2 heterocycles. The number of hydrogen-bond acceptors (Lipinski definition) is 4. The zero-order valence-electron chi connectivity index (χ0n) is 8.84. The Morgan fingerprint density at radius 3 is 2.81 bits per heavy atom. The molecule has 0 saturated heterocycles. The van der Waals surface area contributed by atoms with Crippen LogP contribution in [0.1, 0.15) is 15.2 Å². The fourth-order valence-electron chi connectivity index (χ4n) is 1.35. The lowest BCUT2D eigenvalue weighted by atomic mass is 10.1. The van der Waals surface area contributed by atoms with Crippen LogP contribution in [0.25, 0.3) is 0 Å². The number of thiophene rings is 1. The second-order valence-electron chi connectivity index (χ2n) is 3.31. The van der Waals surface area contributed by atoms with Crippen LogP contribution in [0.5, 0.6) is 5.75 Å². The second kappa shape index (κ2) is 4.90.